The topological polar surface area (TPSA) is 17.8 Å². The van der Waals surface area contributed by atoms with Gasteiger partial charge in [-0.2, -0.15) is 0 Å². The Hall–Kier alpha value is -0.390. The van der Waals surface area contributed by atoms with Crippen LogP contribution in [-0.4, -0.2) is 24.6 Å². The van der Waals surface area contributed by atoms with Gasteiger partial charge >= 0.3 is 0 Å². The number of aromatic nitrogens is 2. The molecule has 2 atom stereocenters. The van der Waals surface area contributed by atoms with Gasteiger partial charge in [-0.05, 0) is 43.4 Å². The highest BCUT2D eigenvalue weighted by molar-refractivity contribution is 9.10. The third kappa shape index (κ3) is 4.80. The molecule has 1 aliphatic heterocycles. The molecule has 2 aromatic rings. The smallest absolute Gasteiger partial charge is 0.0945 e. The van der Waals surface area contributed by atoms with E-state index in [1.807, 2.05) is 12.5 Å². The monoisotopic (exact) mass is 410 g/mol. The molecule has 1 aromatic carbocycles. The Bertz CT molecular complexity index is 600. The van der Waals surface area contributed by atoms with E-state index in [2.05, 4.69) is 86.4 Å². The molecule has 2 nitrogen and oxygen atoms in total. The van der Waals surface area contributed by atoms with Crippen LogP contribution in [0.1, 0.15) is 31.7 Å². The number of thioether (sulfide) groups is 2. The highest BCUT2D eigenvalue weighted by Gasteiger charge is 2.39. The second kappa shape index (κ2) is 8.13. The van der Waals surface area contributed by atoms with Crippen molar-refractivity contribution in [2.45, 2.75) is 48.5 Å². The summed E-state index contributed by atoms with van der Waals surface area (Å²) in [5.74, 6) is 1.30. The average molecular weight is 411 g/mol. The summed E-state index contributed by atoms with van der Waals surface area (Å²) in [6, 6.07) is 8.79. The van der Waals surface area contributed by atoms with Crippen LogP contribution in [0.15, 0.2) is 47.5 Å². The van der Waals surface area contributed by atoms with Gasteiger partial charge in [0, 0.05) is 34.4 Å². The Balaban J connectivity index is 1.64. The fraction of sp³-hybridized carbons (Fsp3) is 0.500. The van der Waals surface area contributed by atoms with Crippen LogP contribution in [0.2, 0.25) is 0 Å². The van der Waals surface area contributed by atoms with E-state index in [0.29, 0.717) is 4.08 Å². The molecule has 1 fully saturated rings. The maximum Gasteiger partial charge on any atom is 0.0945 e. The third-order valence-corrected chi connectivity index (χ3v) is 8.94. The van der Waals surface area contributed by atoms with E-state index in [-0.39, 0.29) is 0 Å². The number of nitrogens with zero attached hydrogens (tertiary/aromatic N) is 2. The molecule has 0 radical (unpaired) electrons. The highest BCUT2D eigenvalue weighted by atomic mass is 79.9. The summed E-state index contributed by atoms with van der Waals surface area (Å²) in [4.78, 5) is 4.17. The van der Waals surface area contributed by atoms with Crippen molar-refractivity contribution >= 4 is 39.5 Å². The van der Waals surface area contributed by atoms with Gasteiger partial charge in [-0.1, -0.05) is 35.0 Å². The van der Waals surface area contributed by atoms with E-state index in [1.54, 1.807) is 0 Å². The molecule has 2 unspecified atom stereocenters. The van der Waals surface area contributed by atoms with E-state index >= 15 is 0 Å². The second-order valence-corrected chi connectivity index (χ2v) is 10.3. The largest absolute Gasteiger partial charge is 0.337 e. The maximum atomic E-state index is 4.17. The highest BCUT2D eigenvalue weighted by Crippen LogP contribution is 2.53. The molecule has 5 heteroatoms. The molecule has 1 aromatic heterocycles. The van der Waals surface area contributed by atoms with Crippen molar-refractivity contribution in [2.24, 2.45) is 0 Å². The first-order valence-electron chi connectivity index (χ1n) is 8.21. The molecular formula is C18H23BrN2S2. The molecule has 1 saturated heterocycles. The van der Waals surface area contributed by atoms with Crippen molar-refractivity contribution in [3.63, 3.8) is 0 Å². The molecule has 0 aliphatic carbocycles. The third-order valence-electron chi connectivity index (χ3n) is 4.39. The van der Waals surface area contributed by atoms with Gasteiger partial charge in [0.2, 0.25) is 0 Å². The van der Waals surface area contributed by atoms with Crippen LogP contribution in [0, 0.1) is 0 Å². The minimum atomic E-state index is 0.359. The molecule has 2 heterocycles. The van der Waals surface area contributed by atoms with Crippen molar-refractivity contribution < 1.29 is 0 Å². The number of hydrogen-bond acceptors (Lipinski definition) is 3. The zero-order chi connectivity index (χ0) is 16.1. The Morgan fingerprint density at radius 1 is 1.30 bits per heavy atom. The molecule has 0 bridgehead atoms. The fourth-order valence-corrected chi connectivity index (χ4v) is 6.95. The van der Waals surface area contributed by atoms with Crippen LogP contribution in [0.25, 0.3) is 0 Å². The minimum absolute atomic E-state index is 0.359. The molecule has 23 heavy (non-hydrogen) atoms. The van der Waals surface area contributed by atoms with Gasteiger partial charge in [0.25, 0.3) is 0 Å². The standard InChI is InChI=1S/C18H23BrN2S2/c1-2-17-13-22-18(23-17,9-11-21-12-10-20-14-21)8-7-15-3-5-16(19)6-4-15/h3-6,10,12,14,17H,2,7-9,11,13H2,1H3. The molecule has 3 rings (SSSR count). The summed E-state index contributed by atoms with van der Waals surface area (Å²) in [5, 5.41) is 0.813. The summed E-state index contributed by atoms with van der Waals surface area (Å²) in [7, 11) is 0. The fourth-order valence-electron chi connectivity index (χ4n) is 2.91. The normalized spacial score (nSPS) is 24.2. The predicted molar refractivity (Wildman–Crippen MR) is 106 cm³/mol. The van der Waals surface area contributed by atoms with Crippen LogP contribution in [-0.2, 0) is 13.0 Å². The summed E-state index contributed by atoms with van der Waals surface area (Å²) >= 11 is 7.93. The van der Waals surface area contributed by atoms with Gasteiger partial charge in [0.05, 0.1) is 10.4 Å². The lowest BCUT2D eigenvalue weighted by molar-refractivity contribution is 0.574. The Labute approximate surface area is 156 Å². The van der Waals surface area contributed by atoms with E-state index in [4.69, 9.17) is 0 Å². The SMILES string of the molecule is CCC1CSC(CCc2ccc(Br)cc2)(CCn2ccnc2)S1. The number of imidazole rings is 1. The van der Waals surface area contributed by atoms with Crippen LogP contribution < -0.4 is 0 Å². The lowest BCUT2D eigenvalue weighted by atomic mass is 10.1. The van der Waals surface area contributed by atoms with Crippen LogP contribution in [0.4, 0.5) is 0 Å². The van der Waals surface area contributed by atoms with Crippen molar-refractivity contribution in [2.75, 3.05) is 5.75 Å². The van der Waals surface area contributed by atoms with Gasteiger partial charge < -0.3 is 4.57 Å². The summed E-state index contributed by atoms with van der Waals surface area (Å²) in [6.07, 6.45) is 10.8. The van der Waals surface area contributed by atoms with Gasteiger partial charge in [-0.3, -0.25) is 0 Å². The van der Waals surface area contributed by atoms with Crippen LogP contribution >= 0.6 is 39.5 Å². The number of hydrogen-bond donors (Lipinski definition) is 0. The van der Waals surface area contributed by atoms with E-state index in [9.17, 15) is 0 Å². The van der Waals surface area contributed by atoms with E-state index in [1.165, 1.54) is 30.6 Å². The van der Waals surface area contributed by atoms with E-state index < -0.39 is 0 Å². The van der Waals surface area contributed by atoms with Gasteiger partial charge in [0.15, 0.2) is 0 Å². The Kier molecular flexibility index (Phi) is 6.16. The molecular weight excluding hydrogens is 388 g/mol. The number of aryl methyl sites for hydroxylation is 2. The molecule has 124 valence electrons. The maximum absolute atomic E-state index is 4.17. The lowest BCUT2D eigenvalue weighted by Gasteiger charge is -2.28. The van der Waals surface area contributed by atoms with Gasteiger partial charge in [-0.15, -0.1) is 23.5 Å². The van der Waals surface area contributed by atoms with Crippen molar-refractivity contribution in [3.8, 4) is 0 Å². The van der Waals surface area contributed by atoms with Crippen molar-refractivity contribution in [1.29, 1.82) is 0 Å². The minimum Gasteiger partial charge on any atom is -0.337 e. The quantitative estimate of drug-likeness (QED) is 0.589. The zero-order valence-electron chi connectivity index (χ0n) is 13.5. The summed E-state index contributed by atoms with van der Waals surface area (Å²) < 4.78 is 3.73. The number of benzene rings is 1. The van der Waals surface area contributed by atoms with Gasteiger partial charge in [-0.25, -0.2) is 4.98 Å². The first-order valence-corrected chi connectivity index (χ1v) is 10.9. The Morgan fingerprint density at radius 2 is 2.13 bits per heavy atom. The van der Waals surface area contributed by atoms with E-state index in [0.717, 1.165) is 22.7 Å². The molecule has 0 spiro atoms. The van der Waals surface area contributed by atoms with Crippen molar-refractivity contribution in [1.82, 2.24) is 9.55 Å². The van der Waals surface area contributed by atoms with Crippen LogP contribution in [0.5, 0.6) is 0 Å². The van der Waals surface area contributed by atoms with Crippen LogP contribution in [0.3, 0.4) is 0 Å². The molecule has 0 amide bonds. The molecule has 0 N–H and O–H groups in total. The zero-order valence-corrected chi connectivity index (χ0v) is 16.7. The Morgan fingerprint density at radius 3 is 2.78 bits per heavy atom. The average Bonchev–Trinajstić information content (AvgIpc) is 3.23. The second-order valence-electron chi connectivity index (χ2n) is 6.05. The molecule has 0 saturated carbocycles. The van der Waals surface area contributed by atoms with Gasteiger partial charge in [0.1, 0.15) is 0 Å². The predicted octanol–water partition coefficient (Wildman–Crippen LogP) is 5.62. The van der Waals surface area contributed by atoms with Crippen molar-refractivity contribution in [3.05, 3.63) is 53.0 Å². The summed E-state index contributed by atoms with van der Waals surface area (Å²) in [5.41, 5.74) is 1.44. The first kappa shape index (κ1) is 17.4. The lowest BCUT2D eigenvalue weighted by Crippen LogP contribution is -2.21. The molecule has 1 aliphatic rings. The first-order chi connectivity index (χ1) is 11.2. The number of rotatable bonds is 7. The summed E-state index contributed by atoms with van der Waals surface area (Å²) in [6.45, 7) is 3.38. The number of halogens is 1.